The summed E-state index contributed by atoms with van der Waals surface area (Å²) in [4.78, 5) is 31.5. The zero-order valence-electron chi connectivity index (χ0n) is 16.5. The number of nitrogens with one attached hydrogen (secondary N) is 2. The van der Waals surface area contributed by atoms with E-state index in [-0.39, 0.29) is 17.8 Å². The molecule has 1 fully saturated rings. The SMILES string of the molecule is CN(C)C(=O)N1CCCC(CNc2nc(-c3c[nH]c4ncccc34)ncc2F)C1. The van der Waals surface area contributed by atoms with Crippen molar-refractivity contribution in [3.8, 4) is 11.4 Å². The van der Waals surface area contributed by atoms with Gasteiger partial charge in [-0.25, -0.2) is 24.1 Å². The number of aromatic amines is 1. The Morgan fingerprint density at radius 1 is 1.41 bits per heavy atom. The fraction of sp³-hybridized carbons (Fsp3) is 0.400. The van der Waals surface area contributed by atoms with Crippen LogP contribution in [0.15, 0.2) is 30.7 Å². The van der Waals surface area contributed by atoms with Crippen molar-refractivity contribution >= 4 is 22.9 Å². The third-order valence-electron chi connectivity index (χ3n) is 5.17. The highest BCUT2D eigenvalue weighted by molar-refractivity contribution is 5.91. The highest BCUT2D eigenvalue weighted by Gasteiger charge is 2.25. The van der Waals surface area contributed by atoms with Crippen LogP contribution >= 0.6 is 0 Å². The number of pyridine rings is 1. The number of piperidine rings is 1. The summed E-state index contributed by atoms with van der Waals surface area (Å²) >= 11 is 0. The minimum Gasteiger partial charge on any atom is -0.367 e. The molecule has 0 spiro atoms. The normalized spacial score (nSPS) is 16.8. The molecule has 1 unspecified atom stereocenters. The topological polar surface area (TPSA) is 90.0 Å². The molecule has 0 aliphatic carbocycles. The van der Waals surface area contributed by atoms with Crippen molar-refractivity contribution in [2.24, 2.45) is 5.92 Å². The number of carbonyl (C=O) groups is 1. The Morgan fingerprint density at radius 3 is 3.10 bits per heavy atom. The summed E-state index contributed by atoms with van der Waals surface area (Å²) in [7, 11) is 3.50. The first kappa shape index (κ1) is 19.1. The van der Waals surface area contributed by atoms with Crippen LogP contribution in [0, 0.1) is 11.7 Å². The zero-order valence-corrected chi connectivity index (χ0v) is 16.5. The highest BCUT2D eigenvalue weighted by atomic mass is 19.1. The van der Waals surface area contributed by atoms with Gasteiger partial charge in [-0.05, 0) is 30.9 Å². The lowest BCUT2D eigenvalue weighted by Crippen LogP contribution is -2.46. The van der Waals surface area contributed by atoms with Crippen molar-refractivity contribution in [2.45, 2.75) is 12.8 Å². The molecule has 29 heavy (non-hydrogen) atoms. The number of hydrogen-bond acceptors (Lipinski definition) is 5. The molecule has 0 aromatic carbocycles. The Bertz CT molecular complexity index is 1020. The van der Waals surface area contributed by atoms with Crippen LogP contribution in [0.5, 0.6) is 0 Å². The third kappa shape index (κ3) is 3.98. The van der Waals surface area contributed by atoms with Gasteiger partial charge < -0.3 is 20.1 Å². The fourth-order valence-corrected chi connectivity index (χ4v) is 3.69. The van der Waals surface area contributed by atoms with Gasteiger partial charge in [0.25, 0.3) is 0 Å². The van der Waals surface area contributed by atoms with Gasteiger partial charge in [0.2, 0.25) is 0 Å². The number of nitrogens with zero attached hydrogens (tertiary/aromatic N) is 5. The monoisotopic (exact) mass is 397 g/mol. The van der Waals surface area contributed by atoms with E-state index in [1.165, 1.54) is 6.20 Å². The summed E-state index contributed by atoms with van der Waals surface area (Å²) in [6.07, 6.45) is 6.59. The highest BCUT2D eigenvalue weighted by Crippen LogP contribution is 2.26. The number of halogens is 1. The summed E-state index contributed by atoms with van der Waals surface area (Å²) in [6.45, 7) is 1.95. The van der Waals surface area contributed by atoms with Gasteiger partial charge in [-0.15, -0.1) is 0 Å². The fourth-order valence-electron chi connectivity index (χ4n) is 3.69. The zero-order chi connectivity index (χ0) is 20.4. The summed E-state index contributed by atoms with van der Waals surface area (Å²) in [5.41, 5.74) is 1.51. The van der Waals surface area contributed by atoms with E-state index in [9.17, 15) is 9.18 Å². The molecule has 0 bridgehead atoms. The van der Waals surface area contributed by atoms with Gasteiger partial charge in [-0.3, -0.25) is 0 Å². The molecule has 9 heteroatoms. The second kappa shape index (κ2) is 8.02. The minimum atomic E-state index is -0.497. The van der Waals surface area contributed by atoms with Crippen molar-refractivity contribution in [3.63, 3.8) is 0 Å². The van der Waals surface area contributed by atoms with Gasteiger partial charge in [-0.1, -0.05) is 0 Å². The van der Waals surface area contributed by atoms with Crippen LogP contribution in [0.25, 0.3) is 22.4 Å². The molecule has 2 amide bonds. The molecule has 1 atom stereocenters. The second-order valence-corrected chi connectivity index (χ2v) is 7.50. The van der Waals surface area contributed by atoms with Crippen LogP contribution < -0.4 is 5.32 Å². The Labute approximate surface area is 168 Å². The lowest BCUT2D eigenvalue weighted by molar-refractivity contribution is 0.145. The number of H-pyrrole nitrogens is 1. The van der Waals surface area contributed by atoms with Crippen molar-refractivity contribution in [1.82, 2.24) is 29.7 Å². The number of anilines is 1. The first-order chi connectivity index (χ1) is 14.0. The Balaban J connectivity index is 1.48. The molecule has 3 aromatic heterocycles. The molecule has 1 saturated heterocycles. The average molecular weight is 397 g/mol. The van der Waals surface area contributed by atoms with Gasteiger partial charge in [0.1, 0.15) is 5.65 Å². The van der Waals surface area contributed by atoms with Gasteiger partial charge in [0, 0.05) is 57.1 Å². The number of likely N-dealkylation sites (tertiary alicyclic amines) is 1. The number of aromatic nitrogens is 4. The van der Waals surface area contributed by atoms with Crippen LogP contribution in [0.2, 0.25) is 0 Å². The molecule has 0 saturated carbocycles. The lowest BCUT2D eigenvalue weighted by atomic mass is 9.98. The standard InChI is InChI=1S/C20H24FN7O/c1-27(2)20(29)28-8-4-5-13(12-28)9-23-19-16(21)11-25-18(26-19)15-10-24-17-14(15)6-3-7-22-17/h3,6-7,10-11,13H,4-5,8-9,12H2,1-2H3,(H,22,24)(H,23,25,26). The predicted octanol–water partition coefficient (Wildman–Crippen LogP) is 2.96. The van der Waals surface area contributed by atoms with Crippen LogP contribution in [-0.2, 0) is 0 Å². The maximum absolute atomic E-state index is 14.3. The molecule has 4 rings (SSSR count). The number of hydrogen-bond donors (Lipinski definition) is 2. The molecular weight excluding hydrogens is 373 g/mol. The van der Waals surface area contributed by atoms with Crippen molar-refractivity contribution in [2.75, 3.05) is 39.0 Å². The molecule has 8 nitrogen and oxygen atoms in total. The second-order valence-electron chi connectivity index (χ2n) is 7.50. The number of amides is 2. The van der Waals surface area contributed by atoms with Crippen LogP contribution in [0.1, 0.15) is 12.8 Å². The molecule has 152 valence electrons. The summed E-state index contributed by atoms with van der Waals surface area (Å²) < 4.78 is 14.3. The Kier molecular flexibility index (Phi) is 5.28. The van der Waals surface area contributed by atoms with Crippen LogP contribution in [0.4, 0.5) is 15.0 Å². The van der Waals surface area contributed by atoms with Crippen LogP contribution in [-0.4, -0.2) is 69.5 Å². The lowest BCUT2D eigenvalue weighted by Gasteiger charge is -2.34. The molecule has 1 aliphatic heterocycles. The van der Waals surface area contributed by atoms with Gasteiger partial charge in [-0.2, -0.15) is 0 Å². The minimum absolute atomic E-state index is 0.0122. The van der Waals surface area contributed by atoms with E-state index in [1.807, 2.05) is 17.0 Å². The van der Waals surface area contributed by atoms with E-state index >= 15 is 0 Å². The molecule has 1 aliphatic rings. The summed E-state index contributed by atoms with van der Waals surface area (Å²) in [5.74, 6) is 0.344. The predicted molar refractivity (Wildman–Crippen MR) is 109 cm³/mol. The number of urea groups is 1. The van der Waals surface area contributed by atoms with E-state index < -0.39 is 5.82 Å². The number of fused-ring (bicyclic) bond motifs is 1. The third-order valence-corrected chi connectivity index (χ3v) is 5.17. The van der Waals surface area contributed by atoms with E-state index in [0.29, 0.717) is 18.9 Å². The summed E-state index contributed by atoms with van der Waals surface area (Å²) in [6, 6.07) is 3.77. The molecular formula is C20H24FN7O. The van der Waals surface area contributed by atoms with E-state index in [1.54, 1.807) is 31.4 Å². The van der Waals surface area contributed by atoms with Crippen molar-refractivity contribution in [3.05, 3.63) is 36.5 Å². The van der Waals surface area contributed by atoms with Crippen LogP contribution in [0.3, 0.4) is 0 Å². The Hall–Kier alpha value is -3.23. The maximum atomic E-state index is 14.3. The largest absolute Gasteiger partial charge is 0.367 e. The smallest absolute Gasteiger partial charge is 0.319 e. The number of rotatable bonds is 4. The quantitative estimate of drug-likeness (QED) is 0.706. The van der Waals surface area contributed by atoms with Gasteiger partial charge in [0.15, 0.2) is 17.5 Å². The maximum Gasteiger partial charge on any atom is 0.319 e. The van der Waals surface area contributed by atoms with E-state index in [0.717, 1.165) is 36.0 Å². The molecule has 4 heterocycles. The van der Waals surface area contributed by atoms with Crippen molar-refractivity contribution in [1.29, 1.82) is 0 Å². The first-order valence-corrected chi connectivity index (χ1v) is 9.68. The molecule has 2 N–H and O–H groups in total. The molecule has 3 aromatic rings. The average Bonchev–Trinajstić information content (AvgIpc) is 3.17. The number of carbonyl (C=O) groups excluding carboxylic acids is 1. The van der Waals surface area contributed by atoms with Gasteiger partial charge in [0.05, 0.1) is 6.20 Å². The first-order valence-electron chi connectivity index (χ1n) is 9.68. The Morgan fingerprint density at radius 2 is 2.28 bits per heavy atom. The van der Waals surface area contributed by atoms with E-state index in [4.69, 9.17) is 0 Å². The summed E-state index contributed by atoms with van der Waals surface area (Å²) in [5, 5.41) is 4.00. The van der Waals surface area contributed by atoms with E-state index in [2.05, 4.69) is 25.3 Å². The van der Waals surface area contributed by atoms with Gasteiger partial charge >= 0.3 is 6.03 Å². The van der Waals surface area contributed by atoms with Crippen molar-refractivity contribution < 1.29 is 9.18 Å². The molecule has 0 radical (unpaired) electrons.